The quantitative estimate of drug-likeness (QED) is 0.818. The van der Waals surface area contributed by atoms with E-state index in [1.54, 1.807) is 18.2 Å². The van der Waals surface area contributed by atoms with Crippen LogP contribution >= 0.6 is 0 Å². The van der Waals surface area contributed by atoms with Crippen molar-refractivity contribution in [3.05, 3.63) is 42.5 Å². The van der Waals surface area contributed by atoms with Crippen molar-refractivity contribution in [1.82, 2.24) is 0 Å². The fourth-order valence-corrected chi connectivity index (χ4v) is 3.32. The van der Waals surface area contributed by atoms with Crippen molar-refractivity contribution in [2.45, 2.75) is 12.8 Å². The lowest BCUT2D eigenvalue weighted by Gasteiger charge is -2.22. The zero-order valence-corrected chi connectivity index (χ0v) is 15.6. The van der Waals surface area contributed by atoms with Crippen molar-refractivity contribution in [2.75, 3.05) is 30.0 Å². The number of hydrogen-bond donors (Lipinski definition) is 1. The Bertz CT molecular complexity index is 962. The fourth-order valence-electron chi connectivity index (χ4n) is 3.32. The lowest BCUT2D eigenvalue weighted by atomic mass is 10.1. The van der Waals surface area contributed by atoms with E-state index >= 15 is 0 Å². The Labute approximate surface area is 169 Å². The summed E-state index contributed by atoms with van der Waals surface area (Å²) in [5, 5.41) is 2.62. The van der Waals surface area contributed by atoms with Gasteiger partial charge in [-0.25, -0.2) is 0 Å². The lowest BCUT2D eigenvalue weighted by Crippen LogP contribution is -2.28. The molecule has 2 amide bonds. The molecule has 1 saturated heterocycles. The highest BCUT2D eigenvalue weighted by Crippen LogP contribution is 2.36. The molecular weight excluding hydrogens is 405 g/mol. The van der Waals surface area contributed by atoms with Gasteiger partial charge in [0, 0.05) is 30.4 Å². The fraction of sp³-hybridized carbons (Fsp3) is 0.300. The molecule has 0 radical (unpaired) electrons. The highest BCUT2D eigenvalue weighted by atomic mass is 19.4. The molecule has 0 spiro atoms. The number of ether oxygens (including phenoxy) is 3. The summed E-state index contributed by atoms with van der Waals surface area (Å²) < 4.78 is 51.4. The summed E-state index contributed by atoms with van der Waals surface area (Å²) >= 11 is 0. The molecule has 158 valence electrons. The molecule has 0 aromatic heterocycles. The van der Waals surface area contributed by atoms with Crippen LogP contribution in [0.15, 0.2) is 42.5 Å². The Morgan fingerprint density at radius 1 is 1.07 bits per heavy atom. The molecule has 1 fully saturated rings. The maximum absolute atomic E-state index is 12.5. The molecule has 0 bridgehead atoms. The number of carbonyl (C=O) groups is 2. The molecule has 7 nitrogen and oxygen atoms in total. The van der Waals surface area contributed by atoms with Gasteiger partial charge >= 0.3 is 6.36 Å². The summed E-state index contributed by atoms with van der Waals surface area (Å²) in [6.45, 7) is 1.06. The maximum atomic E-state index is 12.5. The maximum Gasteiger partial charge on any atom is 0.573 e. The number of nitrogens with zero attached hydrogens (tertiary/aromatic N) is 1. The molecule has 30 heavy (non-hydrogen) atoms. The largest absolute Gasteiger partial charge is 0.573 e. The molecule has 0 saturated carbocycles. The topological polar surface area (TPSA) is 77.1 Å². The van der Waals surface area contributed by atoms with Crippen molar-refractivity contribution in [3.63, 3.8) is 0 Å². The van der Waals surface area contributed by atoms with Crippen LogP contribution in [-0.2, 0) is 9.59 Å². The number of alkyl halides is 3. The molecule has 10 heteroatoms. The van der Waals surface area contributed by atoms with E-state index in [-0.39, 0.29) is 24.6 Å². The first-order valence-electron chi connectivity index (χ1n) is 9.15. The third kappa shape index (κ3) is 4.42. The number of halogens is 3. The van der Waals surface area contributed by atoms with Gasteiger partial charge in [-0.05, 0) is 36.4 Å². The summed E-state index contributed by atoms with van der Waals surface area (Å²) in [6, 6.07) is 9.95. The Balaban J connectivity index is 1.39. The number of fused-ring (bicyclic) bond motifs is 1. The van der Waals surface area contributed by atoms with Gasteiger partial charge in [0.15, 0.2) is 11.5 Å². The standard InChI is InChI=1S/C20H17F3N2O5/c21-20(22,23)30-15-4-1-13(2-5-15)24-19(27)12-9-18(26)25(11-12)14-3-6-16-17(10-14)29-8-7-28-16/h1-6,10,12H,7-9,11H2,(H,24,27)/t12-/m1/s1. The van der Waals surface area contributed by atoms with E-state index in [1.165, 1.54) is 17.0 Å². The van der Waals surface area contributed by atoms with E-state index in [0.717, 1.165) is 12.1 Å². The zero-order valence-electron chi connectivity index (χ0n) is 15.6. The van der Waals surface area contributed by atoms with Gasteiger partial charge in [0.25, 0.3) is 0 Å². The van der Waals surface area contributed by atoms with Crippen LogP contribution in [0.3, 0.4) is 0 Å². The summed E-state index contributed by atoms with van der Waals surface area (Å²) in [5.74, 6) is -0.448. The molecule has 2 aromatic rings. The van der Waals surface area contributed by atoms with Crippen LogP contribution in [-0.4, -0.2) is 37.9 Å². The minimum atomic E-state index is -4.79. The van der Waals surface area contributed by atoms with Crippen molar-refractivity contribution in [2.24, 2.45) is 5.92 Å². The zero-order chi connectivity index (χ0) is 21.3. The lowest BCUT2D eigenvalue weighted by molar-refractivity contribution is -0.274. The van der Waals surface area contributed by atoms with Crippen LogP contribution in [0.25, 0.3) is 0 Å². The van der Waals surface area contributed by atoms with Gasteiger partial charge in [-0.3, -0.25) is 9.59 Å². The third-order valence-electron chi connectivity index (χ3n) is 4.69. The molecule has 1 N–H and O–H groups in total. The summed E-state index contributed by atoms with van der Waals surface area (Å²) in [6.07, 6.45) is -4.76. The Morgan fingerprint density at radius 2 is 1.77 bits per heavy atom. The molecule has 2 heterocycles. The first-order chi connectivity index (χ1) is 14.3. The normalized spacial score (nSPS) is 18.3. The first-order valence-corrected chi connectivity index (χ1v) is 9.15. The number of rotatable bonds is 4. The number of carbonyl (C=O) groups excluding carboxylic acids is 2. The van der Waals surface area contributed by atoms with Crippen molar-refractivity contribution in [3.8, 4) is 17.2 Å². The second kappa shape index (κ2) is 7.77. The van der Waals surface area contributed by atoms with E-state index in [2.05, 4.69) is 10.1 Å². The van der Waals surface area contributed by atoms with Crippen LogP contribution < -0.4 is 24.4 Å². The van der Waals surface area contributed by atoms with Gasteiger partial charge in [0.1, 0.15) is 19.0 Å². The van der Waals surface area contributed by atoms with Crippen LogP contribution in [0, 0.1) is 5.92 Å². The van der Waals surface area contributed by atoms with Gasteiger partial charge in [0.05, 0.1) is 5.92 Å². The molecule has 2 aliphatic rings. The van der Waals surface area contributed by atoms with E-state index in [0.29, 0.717) is 36.1 Å². The molecule has 0 unspecified atom stereocenters. The summed E-state index contributed by atoms with van der Waals surface area (Å²) in [5.41, 5.74) is 0.910. The van der Waals surface area contributed by atoms with E-state index in [9.17, 15) is 22.8 Å². The van der Waals surface area contributed by atoms with Gasteiger partial charge in [0.2, 0.25) is 11.8 Å². The average molecular weight is 422 g/mol. The van der Waals surface area contributed by atoms with Gasteiger partial charge in [-0.1, -0.05) is 0 Å². The summed E-state index contributed by atoms with van der Waals surface area (Å²) in [4.78, 5) is 26.5. The molecule has 2 aliphatic heterocycles. The van der Waals surface area contributed by atoms with E-state index in [4.69, 9.17) is 9.47 Å². The monoisotopic (exact) mass is 422 g/mol. The predicted molar refractivity (Wildman–Crippen MR) is 99.6 cm³/mol. The number of amides is 2. The van der Waals surface area contributed by atoms with Crippen LogP contribution in [0.2, 0.25) is 0 Å². The summed E-state index contributed by atoms with van der Waals surface area (Å²) in [7, 11) is 0. The van der Waals surface area contributed by atoms with Crippen molar-refractivity contribution >= 4 is 23.2 Å². The van der Waals surface area contributed by atoms with E-state index in [1.807, 2.05) is 0 Å². The first kappa shape index (κ1) is 19.9. The molecular formula is C20H17F3N2O5. The van der Waals surface area contributed by atoms with Gasteiger partial charge in [-0.2, -0.15) is 0 Å². The Hall–Kier alpha value is -3.43. The molecule has 4 rings (SSSR count). The molecule has 0 aliphatic carbocycles. The highest BCUT2D eigenvalue weighted by Gasteiger charge is 2.36. The van der Waals surface area contributed by atoms with Gasteiger partial charge in [-0.15, -0.1) is 13.2 Å². The number of benzene rings is 2. The molecule has 2 aromatic carbocycles. The second-order valence-electron chi connectivity index (χ2n) is 6.79. The number of nitrogens with one attached hydrogen (secondary N) is 1. The minimum absolute atomic E-state index is 0.0234. The van der Waals surface area contributed by atoms with Crippen molar-refractivity contribution < 1.29 is 37.0 Å². The van der Waals surface area contributed by atoms with E-state index < -0.39 is 18.2 Å². The van der Waals surface area contributed by atoms with Crippen molar-refractivity contribution in [1.29, 1.82) is 0 Å². The van der Waals surface area contributed by atoms with Gasteiger partial charge < -0.3 is 24.4 Å². The van der Waals surface area contributed by atoms with Crippen LogP contribution in [0.5, 0.6) is 17.2 Å². The minimum Gasteiger partial charge on any atom is -0.486 e. The SMILES string of the molecule is O=C(Nc1ccc(OC(F)(F)F)cc1)[C@@H]1CC(=O)N(c2ccc3c(c2)OCCO3)C1. The van der Waals surface area contributed by atoms with Crippen LogP contribution in [0.1, 0.15) is 6.42 Å². The predicted octanol–water partition coefficient (Wildman–Crippen LogP) is 3.35. The smallest absolute Gasteiger partial charge is 0.486 e. The molecule has 1 atom stereocenters. The highest BCUT2D eigenvalue weighted by molar-refractivity contribution is 6.03. The Morgan fingerprint density at radius 3 is 2.47 bits per heavy atom. The Kier molecular flexibility index (Phi) is 5.15. The third-order valence-corrected chi connectivity index (χ3v) is 4.69. The second-order valence-corrected chi connectivity index (χ2v) is 6.79. The van der Waals surface area contributed by atoms with Crippen LogP contribution in [0.4, 0.5) is 24.5 Å². The average Bonchev–Trinajstić information content (AvgIpc) is 3.10. The number of hydrogen-bond acceptors (Lipinski definition) is 5. The number of anilines is 2.